The fraction of sp³-hybridized carbons (Fsp3) is 0.318. The van der Waals surface area contributed by atoms with Gasteiger partial charge in [-0.25, -0.2) is 13.1 Å². The van der Waals surface area contributed by atoms with Gasteiger partial charge in [-0.2, -0.15) is 0 Å². The van der Waals surface area contributed by atoms with E-state index in [0.717, 1.165) is 32.4 Å². The molecule has 1 saturated heterocycles. The van der Waals surface area contributed by atoms with Crippen molar-refractivity contribution in [3.63, 3.8) is 0 Å². The molecular formula is C22H26N2O3S. The summed E-state index contributed by atoms with van der Waals surface area (Å²) < 4.78 is 26.6. The van der Waals surface area contributed by atoms with Crippen molar-refractivity contribution in [3.8, 4) is 0 Å². The molecule has 0 saturated carbocycles. The molecule has 1 N–H and O–H groups in total. The molecule has 0 atom stereocenters. The van der Waals surface area contributed by atoms with Gasteiger partial charge in [-0.05, 0) is 55.0 Å². The third-order valence-corrected chi connectivity index (χ3v) is 6.54. The first-order valence-corrected chi connectivity index (χ1v) is 11.0. The first kappa shape index (κ1) is 20.3. The Balaban J connectivity index is 1.57. The quantitative estimate of drug-likeness (QED) is 0.728. The first-order chi connectivity index (χ1) is 13.5. The Labute approximate surface area is 167 Å². The van der Waals surface area contributed by atoms with Crippen LogP contribution in [0, 0.1) is 5.92 Å². The van der Waals surface area contributed by atoms with E-state index in [9.17, 15) is 13.2 Å². The van der Waals surface area contributed by atoms with Crippen LogP contribution in [0.2, 0.25) is 0 Å². The minimum absolute atomic E-state index is 0.0406. The number of hydrogen-bond acceptors (Lipinski definition) is 3. The minimum atomic E-state index is -3.57. The Bertz CT molecular complexity index is 901. The molecule has 3 rings (SSSR count). The van der Waals surface area contributed by atoms with Crippen LogP contribution in [-0.2, 0) is 16.4 Å². The predicted molar refractivity (Wildman–Crippen MR) is 111 cm³/mol. The van der Waals surface area contributed by atoms with Crippen LogP contribution < -0.4 is 4.72 Å². The zero-order chi connectivity index (χ0) is 20.0. The highest BCUT2D eigenvalue weighted by Gasteiger charge is 2.24. The summed E-state index contributed by atoms with van der Waals surface area (Å²) in [5, 5.41) is 0. The molecule has 6 heteroatoms. The van der Waals surface area contributed by atoms with E-state index in [1.54, 1.807) is 12.1 Å². The van der Waals surface area contributed by atoms with Crippen LogP contribution in [0.25, 0.3) is 0 Å². The number of sulfonamides is 1. The van der Waals surface area contributed by atoms with Crippen molar-refractivity contribution in [2.75, 3.05) is 19.6 Å². The summed E-state index contributed by atoms with van der Waals surface area (Å²) in [6, 6.07) is 16.6. The van der Waals surface area contributed by atoms with E-state index in [4.69, 9.17) is 0 Å². The largest absolute Gasteiger partial charge is 0.339 e. The number of hydrogen-bond donors (Lipinski definition) is 1. The number of carbonyl (C=O) groups excluding carboxylic acids is 1. The van der Waals surface area contributed by atoms with Crippen molar-refractivity contribution < 1.29 is 13.2 Å². The summed E-state index contributed by atoms with van der Waals surface area (Å²) in [7, 11) is -3.57. The second kappa shape index (κ2) is 9.17. The fourth-order valence-electron chi connectivity index (χ4n) is 3.50. The molecule has 1 aliphatic rings. The average Bonchev–Trinajstić information content (AvgIpc) is 2.73. The molecule has 0 aliphatic carbocycles. The van der Waals surface area contributed by atoms with Crippen LogP contribution >= 0.6 is 0 Å². The molecule has 2 aromatic carbocycles. The van der Waals surface area contributed by atoms with Gasteiger partial charge in [0.2, 0.25) is 10.0 Å². The molecule has 2 aromatic rings. The second-order valence-electron chi connectivity index (χ2n) is 7.09. The number of rotatable bonds is 7. The maximum absolute atomic E-state index is 12.7. The molecule has 5 nitrogen and oxygen atoms in total. The van der Waals surface area contributed by atoms with Crippen molar-refractivity contribution in [1.29, 1.82) is 0 Å². The Morgan fingerprint density at radius 2 is 1.71 bits per heavy atom. The van der Waals surface area contributed by atoms with Gasteiger partial charge in [0.1, 0.15) is 0 Å². The second-order valence-corrected chi connectivity index (χ2v) is 8.86. The Hall–Kier alpha value is -2.44. The van der Waals surface area contributed by atoms with E-state index >= 15 is 0 Å². The summed E-state index contributed by atoms with van der Waals surface area (Å²) in [6.45, 7) is 5.13. The lowest BCUT2D eigenvalue weighted by atomic mass is 9.90. The standard InChI is InChI=1S/C22H26N2O3S/c1-2-14-23-28(26,27)21-10-8-20(9-11-21)22(25)24-15-12-19(13-16-24)17-18-6-4-3-5-7-18/h2-11,19,23H,1,12-17H2. The van der Waals surface area contributed by atoms with Crippen LogP contribution in [0.3, 0.4) is 0 Å². The monoisotopic (exact) mass is 398 g/mol. The lowest BCUT2D eigenvalue weighted by Gasteiger charge is -2.32. The van der Waals surface area contributed by atoms with Crippen molar-refractivity contribution >= 4 is 15.9 Å². The van der Waals surface area contributed by atoms with Crippen molar-refractivity contribution in [3.05, 3.63) is 78.4 Å². The smallest absolute Gasteiger partial charge is 0.253 e. The van der Waals surface area contributed by atoms with Gasteiger partial charge in [-0.15, -0.1) is 6.58 Å². The molecule has 28 heavy (non-hydrogen) atoms. The third kappa shape index (κ3) is 5.09. The topological polar surface area (TPSA) is 66.5 Å². The Morgan fingerprint density at radius 1 is 1.07 bits per heavy atom. The molecule has 0 bridgehead atoms. The number of amides is 1. The summed E-state index contributed by atoms with van der Waals surface area (Å²) in [4.78, 5) is 14.8. The maximum Gasteiger partial charge on any atom is 0.253 e. The van der Waals surface area contributed by atoms with Gasteiger partial charge in [-0.1, -0.05) is 36.4 Å². The van der Waals surface area contributed by atoms with Gasteiger partial charge < -0.3 is 4.90 Å². The molecule has 0 aromatic heterocycles. The lowest BCUT2D eigenvalue weighted by molar-refractivity contribution is 0.0690. The zero-order valence-corrected chi connectivity index (χ0v) is 16.7. The number of nitrogens with one attached hydrogen (secondary N) is 1. The highest BCUT2D eigenvalue weighted by atomic mass is 32.2. The Kier molecular flexibility index (Phi) is 6.65. The number of likely N-dealkylation sites (tertiary alicyclic amines) is 1. The van der Waals surface area contributed by atoms with E-state index < -0.39 is 10.0 Å². The lowest BCUT2D eigenvalue weighted by Crippen LogP contribution is -2.38. The minimum Gasteiger partial charge on any atom is -0.339 e. The van der Waals surface area contributed by atoms with Crippen molar-refractivity contribution in [2.24, 2.45) is 5.92 Å². The van der Waals surface area contributed by atoms with Gasteiger partial charge in [0.25, 0.3) is 5.91 Å². The van der Waals surface area contributed by atoms with E-state index in [1.165, 1.54) is 23.8 Å². The van der Waals surface area contributed by atoms with Gasteiger partial charge in [-0.3, -0.25) is 4.79 Å². The van der Waals surface area contributed by atoms with E-state index in [0.29, 0.717) is 11.5 Å². The van der Waals surface area contributed by atoms with E-state index in [-0.39, 0.29) is 17.3 Å². The summed E-state index contributed by atoms with van der Waals surface area (Å²) in [6.07, 6.45) is 4.50. The predicted octanol–water partition coefficient (Wildman–Crippen LogP) is 3.25. The van der Waals surface area contributed by atoms with E-state index in [1.807, 2.05) is 11.0 Å². The van der Waals surface area contributed by atoms with Crippen LogP contribution in [-0.4, -0.2) is 38.9 Å². The van der Waals surface area contributed by atoms with Crippen LogP contribution in [0.1, 0.15) is 28.8 Å². The normalized spacial score (nSPS) is 15.4. The maximum atomic E-state index is 12.7. The molecule has 1 amide bonds. The number of carbonyl (C=O) groups is 1. The zero-order valence-electron chi connectivity index (χ0n) is 15.9. The average molecular weight is 399 g/mol. The first-order valence-electron chi connectivity index (χ1n) is 9.53. The van der Waals surface area contributed by atoms with Gasteiger partial charge >= 0.3 is 0 Å². The van der Waals surface area contributed by atoms with E-state index in [2.05, 4.69) is 35.6 Å². The molecule has 0 spiro atoms. The number of piperidine rings is 1. The highest BCUT2D eigenvalue weighted by Crippen LogP contribution is 2.23. The van der Waals surface area contributed by atoms with Crippen LogP contribution in [0.15, 0.2) is 72.1 Å². The summed E-state index contributed by atoms with van der Waals surface area (Å²) in [5.74, 6) is 0.552. The van der Waals surface area contributed by atoms with Crippen molar-refractivity contribution in [1.82, 2.24) is 9.62 Å². The molecule has 1 heterocycles. The molecule has 0 radical (unpaired) electrons. The molecule has 1 aliphatic heterocycles. The number of benzene rings is 2. The van der Waals surface area contributed by atoms with Gasteiger partial charge in [0, 0.05) is 25.2 Å². The van der Waals surface area contributed by atoms with Crippen LogP contribution in [0.4, 0.5) is 0 Å². The van der Waals surface area contributed by atoms with Crippen molar-refractivity contribution in [2.45, 2.75) is 24.2 Å². The molecule has 148 valence electrons. The van der Waals surface area contributed by atoms with Gasteiger partial charge in [0.15, 0.2) is 0 Å². The molecule has 0 unspecified atom stereocenters. The van der Waals surface area contributed by atoms with Crippen LogP contribution in [0.5, 0.6) is 0 Å². The SMILES string of the molecule is C=CCNS(=O)(=O)c1ccc(C(=O)N2CCC(Cc3ccccc3)CC2)cc1. The third-order valence-electron chi connectivity index (χ3n) is 5.10. The molecular weight excluding hydrogens is 372 g/mol. The van der Waals surface area contributed by atoms with Gasteiger partial charge in [0.05, 0.1) is 4.90 Å². The summed E-state index contributed by atoms with van der Waals surface area (Å²) >= 11 is 0. The molecule has 1 fully saturated rings. The highest BCUT2D eigenvalue weighted by molar-refractivity contribution is 7.89. The Morgan fingerprint density at radius 3 is 2.32 bits per heavy atom. The summed E-state index contributed by atoms with van der Waals surface area (Å²) in [5.41, 5.74) is 1.86. The fourth-order valence-corrected chi connectivity index (χ4v) is 4.50. The number of nitrogens with zero attached hydrogens (tertiary/aromatic N) is 1.